The second kappa shape index (κ2) is 35.7. The summed E-state index contributed by atoms with van der Waals surface area (Å²) in [6, 6.07) is 0. The molecule has 6 heteroatoms. The van der Waals surface area contributed by atoms with Crippen molar-refractivity contribution in [2.24, 2.45) is 0 Å². The van der Waals surface area contributed by atoms with Crippen LogP contribution in [0.15, 0.2) is 24.3 Å². The lowest BCUT2D eigenvalue weighted by Crippen LogP contribution is -2.52. The summed E-state index contributed by atoms with van der Waals surface area (Å²) in [5.74, 6) is -0.357. The van der Waals surface area contributed by atoms with Crippen molar-refractivity contribution in [2.75, 3.05) is 48.0 Å². The normalized spacial score (nSPS) is 12.8. The molecule has 0 aliphatic carbocycles. The second-order valence-electron chi connectivity index (χ2n) is 15.8. The fourth-order valence-corrected chi connectivity index (χ4v) is 6.68. The van der Waals surface area contributed by atoms with Crippen LogP contribution in [0.2, 0.25) is 0 Å². The molecule has 0 aromatic heterocycles. The quantitative estimate of drug-likeness (QED) is 0.0212. The molecule has 0 N–H and O–H groups in total. The lowest BCUT2D eigenvalue weighted by molar-refractivity contribution is -0.902. The van der Waals surface area contributed by atoms with E-state index in [2.05, 4.69) is 57.1 Å². The van der Waals surface area contributed by atoms with Crippen molar-refractivity contribution in [2.45, 2.75) is 200 Å². The summed E-state index contributed by atoms with van der Waals surface area (Å²) in [4.78, 5) is 27.5. The third-order valence-electron chi connectivity index (χ3n) is 9.38. The van der Waals surface area contributed by atoms with Crippen LogP contribution in [-0.4, -0.2) is 75.4 Å². The van der Waals surface area contributed by atoms with Crippen LogP contribution in [0, 0.1) is 0 Å². The lowest BCUT2D eigenvalue weighted by atomic mass is 10.1. The van der Waals surface area contributed by atoms with E-state index < -0.39 is 6.10 Å². The van der Waals surface area contributed by atoms with Crippen LogP contribution in [0.1, 0.15) is 194 Å². The number of esters is 2. The Hall–Kier alpha value is -1.66. The molecule has 0 aromatic carbocycles. The molecule has 294 valence electrons. The Morgan fingerprint density at radius 2 is 0.900 bits per heavy atom. The summed E-state index contributed by atoms with van der Waals surface area (Å²) >= 11 is 0. The maximum Gasteiger partial charge on any atom is 0.306 e. The molecular weight excluding hydrogens is 620 g/mol. The van der Waals surface area contributed by atoms with E-state index in [1.54, 1.807) is 0 Å². The monoisotopic (exact) mass is 706 g/mol. The van der Waals surface area contributed by atoms with E-state index in [0.29, 0.717) is 23.9 Å². The number of likely N-dealkylation sites (N-methyl/N-ethyl adjacent to an activating group) is 1. The Bertz CT molecular complexity index is 823. The highest BCUT2D eigenvalue weighted by molar-refractivity contribution is 5.70. The smallest absolute Gasteiger partial charge is 0.306 e. The molecular formula is C44H85N2O4+. The summed E-state index contributed by atoms with van der Waals surface area (Å²) in [6.45, 7) is 6.09. The van der Waals surface area contributed by atoms with Crippen LogP contribution in [0.25, 0.3) is 0 Å². The van der Waals surface area contributed by atoms with Gasteiger partial charge in [0.2, 0.25) is 0 Å². The van der Waals surface area contributed by atoms with E-state index >= 15 is 0 Å². The van der Waals surface area contributed by atoms with Crippen molar-refractivity contribution < 1.29 is 23.5 Å². The van der Waals surface area contributed by atoms with Crippen LogP contribution in [-0.2, 0) is 19.1 Å². The SMILES string of the molecule is CCCCCCCC/C=C\CCCCCCCC(=O)OCC(C[N+](C)(C)CN(C)C)OC(=O)CCCCCCC/C=C\CCCCCCCC. The van der Waals surface area contributed by atoms with Crippen molar-refractivity contribution in [3.8, 4) is 0 Å². The minimum Gasteiger partial charge on any atom is -0.461 e. The molecule has 0 aliphatic heterocycles. The third kappa shape index (κ3) is 36.1. The van der Waals surface area contributed by atoms with E-state index in [0.717, 1.165) is 58.0 Å². The van der Waals surface area contributed by atoms with E-state index in [1.165, 1.54) is 116 Å². The predicted octanol–water partition coefficient (Wildman–Crippen LogP) is 12.1. The van der Waals surface area contributed by atoms with Gasteiger partial charge in [-0.2, -0.15) is 0 Å². The summed E-state index contributed by atoms with van der Waals surface area (Å²) < 4.78 is 12.2. The number of carbonyl (C=O) groups excluding carboxylic acids is 2. The van der Waals surface area contributed by atoms with Gasteiger partial charge >= 0.3 is 11.9 Å². The maximum absolute atomic E-state index is 12.8. The Morgan fingerprint density at radius 3 is 1.30 bits per heavy atom. The first-order valence-electron chi connectivity index (χ1n) is 21.3. The van der Waals surface area contributed by atoms with Crippen molar-refractivity contribution in [3.05, 3.63) is 24.3 Å². The Kier molecular flexibility index (Phi) is 34.5. The van der Waals surface area contributed by atoms with Gasteiger partial charge in [-0.15, -0.1) is 0 Å². The molecule has 0 fully saturated rings. The van der Waals surface area contributed by atoms with Crippen LogP contribution < -0.4 is 0 Å². The zero-order valence-corrected chi connectivity index (χ0v) is 34.3. The summed E-state index contributed by atoms with van der Waals surface area (Å²) in [5, 5.41) is 0. The zero-order chi connectivity index (χ0) is 37.0. The molecule has 0 amide bonds. The fourth-order valence-electron chi connectivity index (χ4n) is 6.68. The molecule has 0 spiro atoms. The fraction of sp³-hybridized carbons (Fsp3) is 0.864. The van der Waals surface area contributed by atoms with Gasteiger partial charge in [0.25, 0.3) is 0 Å². The summed E-state index contributed by atoms with van der Waals surface area (Å²) in [5.41, 5.74) is 0. The van der Waals surface area contributed by atoms with Gasteiger partial charge in [-0.05, 0) is 78.3 Å². The van der Waals surface area contributed by atoms with Gasteiger partial charge in [-0.1, -0.05) is 141 Å². The maximum atomic E-state index is 12.8. The molecule has 1 unspecified atom stereocenters. The number of unbranched alkanes of at least 4 members (excludes halogenated alkanes) is 22. The number of nitrogens with zero attached hydrogens (tertiary/aromatic N) is 2. The van der Waals surface area contributed by atoms with E-state index in [1.807, 2.05) is 14.1 Å². The Balaban J connectivity index is 4.16. The Labute approximate surface area is 311 Å². The summed E-state index contributed by atoms with van der Waals surface area (Å²) in [6.07, 6.45) is 41.9. The van der Waals surface area contributed by atoms with Crippen LogP contribution >= 0.6 is 0 Å². The number of hydrogen-bond donors (Lipinski definition) is 0. The highest BCUT2D eigenvalue weighted by Crippen LogP contribution is 2.14. The molecule has 1 atom stereocenters. The molecule has 0 rings (SSSR count). The first-order chi connectivity index (χ1) is 24.2. The van der Waals surface area contributed by atoms with Crippen molar-refractivity contribution in [3.63, 3.8) is 0 Å². The highest BCUT2D eigenvalue weighted by atomic mass is 16.6. The molecule has 0 saturated carbocycles. The van der Waals surface area contributed by atoms with E-state index in [-0.39, 0.29) is 18.5 Å². The van der Waals surface area contributed by atoms with Gasteiger partial charge < -0.3 is 14.0 Å². The van der Waals surface area contributed by atoms with Crippen LogP contribution in [0.4, 0.5) is 0 Å². The average molecular weight is 706 g/mol. The van der Waals surface area contributed by atoms with Crippen molar-refractivity contribution in [1.82, 2.24) is 4.90 Å². The van der Waals surface area contributed by atoms with Gasteiger partial charge in [0.1, 0.15) is 19.8 Å². The largest absolute Gasteiger partial charge is 0.461 e. The second-order valence-corrected chi connectivity index (χ2v) is 15.8. The molecule has 0 radical (unpaired) electrons. The van der Waals surface area contributed by atoms with Crippen molar-refractivity contribution >= 4 is 11.9 Å². The topological polar surface area (TPSA) is 55.8 Å². The first kappa shape index (κ1) is 48.3. The van der Waals surface area contributed by atoms with Gasteiger partial charge in [0.15, 0.2) is 6.10 Å². The van der Waals surface area contributed by atoms with Crippen LogP contribution in [0.5, 0.6) is 0 Å². The number of carbonyl (C=O) groups is 2. The van der Waals surface area contributed by atoms with E-state index in [9.17, 15) is 9.59 Å². The minimum atomic E-state index is -0.432. The first-order valence-corrected chi connectivity index (χ1v) is 21.3. The Morgan fingerprint density at radius 1 is 0.540 bits per heavy atom. The van der Waals surface area contributed by atoms with Crippen LogP contribution in [0.3, 0.4) is 0 Å². The predicted molar refractivity (Wildman–Crippen MR) is 215 cm³/mol. The van der Waals surface area contributed by atoms with Gasteiger partial charge in [-0.25, -0.2) is 0 Å². The molecule has 6 nitrogen and oxygen atoms in total. The van der Waals surface area contributed by atoms with Gasteiger partial charge in [0.05, 0.1) is 14.1 Å². The molecule has 0 aliphatic rings. The average Bonchev–Trinajstić information content (AvgIpc) is 3.06. The molecule has 50 heavy (non-hydrogen) atoms. The molecule has 0 aromatic rings. The standard InChI is InChI=1S/C44H85N2O4/c1-7-9-11-13-15-17-19-21-23-25-27-29-31-33-35-37-43(47)49-40-42(39-46(5,6)41-45(3)4)50-44(48)38-36-34-32-30-28-26-24-22-20-18-16-14-12-10-8-2/h21-24,42H,7-20,25-41H2,1-6H3/q+1/b23-21-,24-22-. The molecule has 0 bridgehead atoms. The molecule has 0 saturated heterocycles. The lowest BCUT2D eigenvalue weighted by Gasteiger charge is -2.35. The van der Waals surface area contributed by atoms with Crippen molar-refractivity contribution in [1.29, 1.82) is 0 Å². The molecule has 0 heterocycles. The number of ether oxygens (including phenoxy) is 2. The minimum absolute atomic E-state index is 0.136. The summed E-state index contributed by atoms with van der Waals surface area (Å²) in [7, 11) is 8.33. The van der Waals surface area contributed by atoms with Gasteiger partial charge in [0, 0.05) is 12.8 Å². The zero-order valence-electron chi connectivity index (χ0n) is 34.3. The number of quaternary nitrogens is 1. The van der Waals surface area contributed by atoms with Gasteiger partial charge in [-0.3, -0.25) is 14.5 Å². The number of allylic oxidation sites excluding steroid dienone is 4. The highest BCUT2D eigenvalue weighted by Gasteiger charge is 2.27. The number of rotatable bonds is 37. The number of hydrogen-bond acceptors (Lipinski definition) is 5. The van der Waals surface area contributed by atoms with E-state index in [4.69, 9.17) is 9.47 Å². The third-order valence-corrected chi connectivity index (χ3v) is 9.38.